The van der Waals surface area contributed by atoms with Crippen LogP contribution in [-0.4, -0.2) is 47.4 Å². The molecule has 2 N–H and O–H groups in total. The lowest BCUT2D eigenvalue weighted by molar-refractivity contribution is 0.0531. The number of hydrogen-bond acceptors (Lipinski definition) is 7. The van der Waals surface area contributed by atoms with Crippen LogP contribution in [0.4, 0.5) is 11.9 Å². The Morgan fingerprint density at radius 3 is 2.58 bits per heavy atom. The highest BCUT2D eigenvalue weighted by molar-refractivity contribution is 5.36. The van der Waals surface area contributed by atoms with Gasteiger partial charge in [0.2, 0.25) is 11.9 Å². The first-order valence-corrected chi connectivity index (χ1v) is 6.66. The SMILES string of the molecule is CC(C)OCCOc1nc(N)nc(N2CCCC2)n1. The summed E-state index contributed by atoms with van der Waals surface area (Å²) in [5, 5.41) is 0. The maximum Gasteiger partial charge on any atom is 0.323 e. The zero-order chi connectivity index (χ0) is 13.7. The number of ether oxygens (including phenoxy) is 2. The number of nitrogens with two attached hydrogens (primary N) is 1. The topological polar surface area (TPSA) is 86.4 Å². The molecule has 1 aliphatic rings. The van der Waals surface area contributed by atoms with Crippen LogP contribution in [-0.2, 0) is 4.74 Å². The van der Waals surface area contributed by atoms with E-state index in [2.05, 4.69) is 19.9 Å². The molecule has 106 valence electrons. The molecule has 2 heterocycles. The molecule has 0 saturated carbocycles. The molecular formula is C12H21N5O2. The number of nitrogen functional groups attached to an aromatic ring is 1. The van der Waals surface area contributed by atoms with E-state index in [0.29, 0.717) is 19.2 Å². The van der Waals surface area contributed by atoms with E-state index in [9.17, 15) is 0 Å². The minimum atomic E-state index is 0.187. The normalized spacial score (nSPS) is 15.2. The fourth-order valence-electron chi connectivity index (χ4n) is 1.90. The molecule has 0 aromatic carbocycles. The molecule has 0 unspecified atom stereocenters. The predicted octanol–water partition coefficient (Wildman–Crippen LogP) is 0.858. The second kappa shape index (κ2) is 6.51. The summed E-state index contributed by atoms with van der Waals surface area (Å²) >= 11 is 0. The lowest BCUT2D eigenvalue weighted by atomic mass is 10.4. The lowest BCUT2D eigenvalue weighted by Gasteiger charge is -2.15. The fourth-order valence-corrected chi connectivity index (χ4v) is 1.90. The first-order chi connectivity index (χ1) is 9.15. The van der Waals surface area contributed by atoms with E-state index in [0.717, 1.165) is 25.9 Å². The summed E-state index contributed by atoms with van der Waals surface area (Å²) in [6.07, 6.45) is 2.50. The summed E-state index contributed by atoms with van der Waals surface area (Å²) in [6.45, 7) is 6.78. The average molecular weight is 267 g/mol. The van der Waals surface area contributed by atoms with Gasteiger partial charge in [0.05, 0.1) is 12.7 Å². The first-order valence-electron chi connectivity index (χ1n) is 6.66. The minimum Gasteiger partial charge on any atom is -0.461 e. The van der Waals surface area contributed by atoms with Crippen molar-refractivity contribution in [1.29, 1.82) is 0 Å². The summed E-state index contributed by atoms with van der Waals surface area (Å²) in [5.41, 5.74) is 5.68. The number of anilines is 2. The molecule has 1 aromatic rings. The Bertz CT molecular complexity index is 407. The summed E-state index contributed by atoms with van der Waals surface area (Å²) in [5.74, 6) is 0.793. The predicted molar refractivity (Wildman–Crippen MR) is 72.3 cm³/mol. The van der Waals surface area contributed by atoms with E-state index >= 15 is 0 Å². The Morgan fingerprint density at radius 1 is 1.16 bits per heavy atom. The van der Waals surface area contributed by atoms with Gasteiger partial charge in [-0.2, -0.15) is 15.0 Å². The Balaban J connectivity index is 1.92. The summed E-state index contributed by atoms with van der Waals surface area (Å²) in [6, 6.07) is 0.266. The Morgan fingerprint density at radius 2 is 1.89 bits per heavy atom. The van der Waals surface area contributed by atoms with Gasteiger partial charge in [-0.25, -0.2) is 0 Å². The highest BCUT2D eigenvalue weighted by Gasteiger charge is 2.17. The molecule has 0 atom stereocenters. The minimum absolute atomic E-state index is 0.187. The third kappa shape index (κ3) is 4.20. The van der Waals surface area contributed by atoms with Crippen LogP contribution in [0, 0.1) is 0 Å². The zero-order valence-electron chi connectivity index (χ0n) is 11.5. The third-order valence-corrected chi connectivity index (χ3v) is 2.77. The maximum atomic E-state index is 5.68. The van der Waals surface area contributed by atoms with Gasteiger partial charge >= 0.3 is 6.01 Å². The summed E-state index contributed by atoms with van der Waals surface area (Å²) in [4.78, 5) is 14.5. The van der Waals surface area contributed by atoms with Crippen molar-refractivity contribution in [3.05, 3.63) is 0 Å². The van der Waals surface area contributed by atoms with Crippen molar-refractivity contribution in [3.63, 3.8) is 0 Å². The van der Waals surface area contributed by atoms with Crippen LogP contribution in [0.15, 0.2) is 0 Å². The van der Waals surface area contributed by atoms with Crippen LogP contribution in [0.3, 0.4) is 0 Å². The molecule has 1 aliphatic heterocycles. The van der Waals surface area contributed by atoms with Crippen molar-refractivity contribution in [2.45, 2.75) is 32.8 Å². The van der Waals surface area contributed by atoms with Gasteiger partial charge in [-0.1, -0.05) is 0 Å². The molecular weight excluding hydrogens is 246 g/mol. The van der Waals surface area contributed by atoms with E-state index in [1.807, 2.05) is 13.8 Å². The first kappa shape index (κ1) is 13.8. The largest absolute Gasteiger partial charge is 0.461 e. The van der Waals surface area contributed by atoms with E-state index in [1.165, 1.54) is 0 Å². The van der Waals surface area contributed by atoms with Gasteiger partial charge < -0.3 is 20.1 Å². The lowest BCUT2D eigenvalue weighted by Crippen LogP contribution is -2.22. The van der Waals surface area contributed by atoms with E-state index < -0.39 is 0 Å². The quantitative estimate of drug-likeness (QED) is 0.765. The number of nitrogens with zero attached hydrogens (tertiary/aromatic N) is 4. The molecule has 0 spiro atoms. The third-order valence-electron chi connectivity index (χ3n) is 2.77. The maximum absolute atomic E-state index is 5.68. The van der Waals surface area contributed by atoms with Crippen LogP contribution in [0.2, 0.25) is 0 Å². The van der Waals surface area contributed by atoms with Gasteiger partial charge in [-0.05, 0) is 26.7 Å². The van der Waals surface area contributed by atoms with Crippen molar-refractivity contribution in [1.82, 2.24) is 15.0 Å². The monoisotopic (exact) mass is 267 g/mol. The van der Waals surface area contributed by atoms with Crippen molar-refractivity contribution in [3.8, 4) is 6.01 Å². The van der Waals surface area contributed by atoms with Crippen molar-refractivity contribution < 1.29 is 9.47 Å². The molecule has 7 nitrogen and oxygen atoms in total. The Labute approximate surface area is 113 Å². The molecule has 0 aliphatic carbocycles. The van der Waals surface area contributed by atoms with Crippen LogP contribution in [0.5, 0.6) is 6.01 Å². The van der Waals surface area contributed by atoms with Gasteiger partial charge in [0.25, 0.3) is 0 Å². The number of hydrogen-bond donors (Lipinski definition) is 1. The smallest absolute Gasteiger partial charge is 0.323 e. The van der Waals surface area contributed by atoms with Crippen molar-refractivity contribution in [2.24, 2.45) is 0 Å². The molecule has 1 fully saturated rings. The molecule has 7 heteroatoms. The second-order valence-corrected chi connectivity index (χ2v) is 4.74. The molecule has 19 heavy (non-hydrogen) atoms. The number of rotatable bonds is 6. The van der Waals surface area contributed by atoms with Crippen LogP contribution in [0.25, 0.3) is 0 Å². The average Bonchev–Trinajstić information content (AvgIpc) is 2.87. The highest BCUT2D eigenvalue weighted by atomic mass is 16.5. The second-order valence-electron chi connectivity index (χ2n) is 4.74. The van der Waals surface area contributed by atoms with E-state index in [1.54, 1.807) is 0 Å². The van der Waals surface area contributed by atoms with Crippen molar-refractivity contribution in [2.75, 3.05) is 36.9 Å². The Hall–Kier alpha value is -1.63. The van der Waals surface area contributed by atoms with E-state index in [-0.39, 0.29) is 18.1 Å². The molecule has 0 radical (unpaired) electrons. The fraction of sp³-hybridized carbons (Fsp3) is 0.750. The molecule has 1 aromatic heterocycles. The van der Waals surface area contributed by atoms with Gasteiger partial charge in [0.15, 0.2) is 0 Å². The Kier molecular flexibility index (Phi) is 4.73. The van der Waals surface area contributed by atoms with Crippen LogP contribution in [0.1, 0.15) is 26.7 Å². The van der Waals surface area contributed by atoms with Crippen LogP contribution < -0.4 is 15.4 Å². The molecule has 0 bridgehead atoms. The standard InChI is InChI=1S/C12H21N5O2/c1-9(2)18-7-8-19-12-15-10(13)14-11(16-12)17-5-3-4-6-17/h9H,3-8H2,1-2H3,(H2,13,14,15,16). The van der Waals surface area contributed by atoms with Crippen LogP contribution >= 0.6 is 0 Å². The van der Waals surface area contributed by atoms with Gasteiger partial charge in [0.1, 0.15) is 6.61 Å². The zero-order valence-corrected chi connectivity index (χ0v) is 11.5. The number of aromatic nitrogens is 3. The molecule has 0 amide bonds. The van der Waals surface area contributed by atoms with E-state index in [4.69, 9.17) is 15.2 Å². The van der Waals surface area contributed by atoms with Gasteiger partial charge in [-0.3, -0.25) is 0 Å². The van der Waals surface area contributed by atoms with Gasteiger partial charge in [-0.15, -0.1) is 0 Å². The highest BCUT2D eigenvalue weighted by Crippen LogP contribution is 2.18. The summed E-state index contributed by atoms with van der Waals surface area (Å²) in [7, 11) is 0. The summed E-state index contributed by atoms with van der Waals surface area (Å²) < 4.78 is 10.8. The molecule has 2 rings (SSSR count). The van der Waals surface area contributed by atoms with Crippen molar-refractivity contribution >= 4 is 11.9 Å². The molecule has 1 saturated heterocycles. The van der Waals surface area contributed by atoms with Gasteiger partial charge in [0, 0.05) is 13.1 Å².